The first-order valence-corrected chi connectivity index (χ1v) is 13.3. The smallest absolute Gasteiger partial charge is 0.419 e. The van der Waals surface area contributed by atoms with Crippen LogP contribution in [0.2, 0.25) is 0 Å². The molecule has 3 aliphatic heterocycles. The minimum atomic E-state index is -4.48. The number of halogens is 3. The number of anilines is 1. The number of amides is 2. The van der Waals surface area contributed by atoms with E-state index < -0.39 is 41.3 Å². The Morgan fingerprint density at radius 1 is 1.10 bits per heavy atom. The van der Waals surface area contributed by atoms with Crippen LogP contribution in [0, 0.1) is 0 Å². The summed E-state index contributed by atoms with van der Waals surface area (Å²) in [5.74, 6) is 0.162. The third-order valence-electron chi connectivity index (χ3n) is 7.33. The summed E-state index contributed by atoms with van der Waals surface area (Å²) in [7, 11) is 0. The number of hydrogen-bond acceptors (Lipinski definition) is 8. The molecule has 0 radical (unpaired) electrons. The van der Waals surface area contributed by atoms with Crippen molar-refractivity contribution in [3.05, 3.63) is 18.0 Å². The Morgan fingerprint density at radius 2 is 1.72 bits per heavy atom. The zero-order chi connectivity index (χ0) is 28.8. The van der Waals surface area contributed by atoms with Gasteiger partial charge in [0.25, 0.3) is 5.91 Å². The van der Waals surface area contributed by atoms with E-state index in [0.717, 1.165) is 12.4 Å². The number of carbonyl (C=O) groups is 2. The zero-order valence-corrected chi connectivity index (χ0v) is 23.3. The fraction of sp³-hybridized carbons (Fsp3) is 0.769. The number of ether oxygens (including phenoxy) is 3. The first-order valence-electron chi connectivity index (χ1n) is 13.3. The topological polar surface area (TPSA) is 97.3 Å². The van der Waals surface area contributed by atoms with Crippen LogP contribution in [0.15, 0.2) is 12.4 Å². The molecule has 0 unspecified atom stereocenters. The lowest BCUT2D eigenvalue weighted by atomic mass is 10.0. The lowest BCUT2D eigenvalue weighted by Gasteiger charge is -2.37. The molecule has 39 heavy (non-hydrogen) atoms. The van der Waals surface area contributed by atoms with Crippen LogP contribution in [-0.4, -0.2) is 93.6 Å². The van der Waals surface area contributed by atoms with E-state index in [1.807, 2.05) is 16.7 Å². The Labute approximate surface area is 226 Å². The molecule has 2 amide bonds. The third-order valence-corrected chi connectivity index (χ3v) is 7.33. The maximum Gasteiger partial charge on any atom is 0.419 e. The summed E-state index contributed by atoms with van der Waals surface area (Å²) in [6, 6.07) is -0.411. The SMILES string of the molecule is C[C@H]1OC(C)(C)N(C(=O)OC(C)(C)C)[C@@H]1CO[C@@H]1CCN(C2CCN(c3ncc(C(F)(F)F)cn3)CC2)C1=O. The third kappa shape index (κ3) is 6.56. The highest BCUT2D eigenvalue weighted by Crippen LogP contribution is 2.35. The van der Waals surface area contributed by atoms with Gasteiger partial charge in [-0.3, -0.25) is 9.69 Å². The molecule has 13 heteroatoms. The van der Waals surface area contributed by atoms with Crippen molar-refractivity contribution in [2.45, 2.75) is 103 Å². The quantitative estimate of drug-likeness (QED) is 0.539. The van der Waals surface area contributed by atoms with Gasteiger partial charge in [0.1, 0.15) is 17.4 Å². The first kappa shape index (κ1) is 29.3. The van der Waals surface area contributed by atoms with Crippen LogP contribution in [-0.2, 0) is 25.2 Å². The van der Waals surface area contributed by atoms with Crippen molar-refractivity contribution in [2.24, 2.45) is 0 Å². The average molecular weight is 558 g/mol. The Bertz CT molecular complexity index is 1040. The van der Waals surface area contributed by atoms with Gasteiger partial charge >= 0.3 is 12.3 Å². The second-order valence-corrected chi connectivity index (χ2v) is 11.8. The van der Waals surface area contributed by atoms with Gasteiger partial charge in [0.2, 0.25) is 5.95 Å². The molecule has 0 aliphatic carbocycles. The van der Waals surface area contributed by atoms with E-state index in [4.69, 9.17) is 14.2 Å². The summed E-state index contributed by atoms with van der Waals surface area (Å²) in [4.78, 5) is 39.2. The molecule has 1 aromatic heterocycles. The zero-order valence-electron chi connectivity index (χ0n) is 23.3. The second kappa shape index (κ2) is 10.7. The number of alkyl halides is 3. The molecule has 3 atom stereocenters. The van der Waals surface area contributed by atoms with E-state index in [1.165, 1.54) is 0 Å². The van der Waals surface area contributed by atoms with Crippen molar-refractivity contribution < 1.29 is 37.0 Å². The van der Waals surface area contributed by atoms with Crippen LogP contribution >= 0.6 is 0 Å². The summed E-state index contributed by atoms with van der Waals surface area (Å²) in [6.45, 7) is 12.6. The standard InChI is InChI=1S/C26H38F3N5O5/c1-16-19(34(25(5,6)38-16)23(36)39-24(2,3)4)15-37-20-9-12-33(21(20)35)18-7-10-32(11-8-18)22-30-13-17(14-31-22)26(27,28)29/h13-14,16,18-20H,7-12,15H2,1-6H3/t16-,19-,20-/m1/s1. The summed E-state index contributed by atoms with van der Waals surface area (Å²) in [5, 5.41) is 0. The molecular formula is C26H38F3N5O5. The largest absolute Gasteiger partial charge is 0.444 e. The summed E-state index contributed by atoms with van der Waals surface area (Å²) in [5.41, 5.74) is -2.43. The number of rotatable bonds is 5. The predicted molar refractivity (Wildman–Crippen MR) is 135 cm³/mol. The summed E-state index contributed by atoms with van der Waals surface area (Å²) in [6.07, 6.45) is -2.47. The lowest BCUT2D eigenvalue weighted by Crippen LogP contribution is -2.52. The molecule has 1 aromatic rings. The maximum atomic E-state index is 13.2. The van der Waals surface area contributed by atoms with E-state index >= 15 is 0 Å². The van der Waals surface area contributed by atoms with Gasteiger partial charge in [-0.1, -0.05) is 0 Å². The predicted octanol–water partition coefficient (Wildman–Crippen LogP) is 3.84. The average Bonchev–Trinajstić information content (AvgIpc) is 3.30. The van der Waals surface area contributed by atoms with E-state index in [-0.39, 0.29) is 30.6 Å². The highest BCUT2D eigenvalue weighted by Gasteiger charge is 2.50. The van der Waals surface area contributed by atoms with Gasteiger partial charge in [0.15, 0.2) is 0 Å². The van der Waals surface area contributed by atoms with Crippen molar-refractivity contribution in [2.75, 3.05) is 31.1 Å². The van der Waals surface area contributed by atoms with Crippen molar-refractivity contribution in [1.82, 2.24) is 19.8 Å². The molecule has 4 rings (SSSR count). The van der Waals surface area contributed by atoms with E-state index in [0.29, 0.717) is 38.9 Å². The Hall–Kier alpha value is -2.67. The minimum absolute atomic E-state index is 0.00253. The molecule has 0 bridgehead atoms. The van der Waals surface area contributed by atoms with Gasteiger partial charge < -0.3 is 24.0 Å². The molecule has 0 aromatic carbocycles. The number of likely N-dealkylation sites (tertiary alicyclic amines) is 1. The molecule has 10 nitrogen and oxygen atoms in total. The van der Waals surface area contributed by atoms with Crippen LogP contribution in [0.5, 0.6) is 0 Å². The van der Waals surface area contributed by atoms with E-state index in [9.17, 15) is 22.8 Å². The minimum Gasteiger partial charge on any atom is -0.444 e. The normalized spacial score (nSPS) is 26.4. The molecule has 3 fully saturated rings. The van der Waals surface area contributed by atoms with Gasteiger partial charge in [-0.2, -0.15) is 13.2 Å². The van der Waals surface area contributed by atoms with Crippen LogP contribution in [0.25, 0.3) is 0 Å². The molecule has 4 heterocycles. The van der Waals surface area contributed by atoms with Gasteiger partial charge in [-0.15, -0.1) is 0 Å². The van der Waals surface area contributed by atoms with Gasteiger partial charge in [-0.25, -0.2) is 14.8 Å². The van der Waals surface area contributed by atoms with Crippen molar-refractivity contribution >= 4 is 17.9 Å². The van der Waals surface area contributed by atoms with Crippen LogP contribution in [0.3, 0.4) is 0 Å². The molecule has 218 valence electrons. The summed E-state index contributed by atoms with van der Waals surface area (Å²) < 4.78 is 56.1. The molecule has 0 N–H and O–H groups in total. The van der Waals surface area contributed by atoms with Crippen LogP contribution in [0.4, 0.5) is 23.9 Å². The van der Waals surface area contributed by atoms with Crippen molar-refractivity contribution in [3.8, 4) is 0 Å². The summed E-state index contributed by atoms with van der Waals surface area (Å²) >= 11 is 0. The van der Waals surface area contributed by atoms with E-state index in [1.54, 1.807) is 39.5 Å². The molecule has 0 spiro atoms. The second-order valence-electron chi connectivity index (χ2n) is 11.8. The van der Waals surface area contributed by atoms with Gasteiger partial charge in [0.05, 0.1) is 24.3 Å². The fourth-order valence-corrected chi connectivity index (χ4v) is 5.49. The molecular weight excluding hydrogens is 519 g/mol. The van der Waals surface area contributed by atoms with Crippen molar-refractivity contribution in [1.29, 1.82) is 0 Å². The monoisotopic (exact) mass is 557 g/mol. The lowest BCUT2D eigenvalue weighted by molar-refractivity contribution is -0.140. The molecule has 3 aliphatic rings. The first-order chi connectivity index (χ1) is 18.1. The number of carbonyl (C=O) groups excluding carboxylic acids is 2. The Morgan fingerprint density at radius 3 is 2.28 bits per heavy atom. The number of nitrogens with zero attached hydrogens (tertiary/aromatic N) is 5. The molecule has 3 saturated heterocycles. The van der Waals surface area contributed by atoms with Gasteiger partial charge in [0, 0.05) is 44.5 Å². The number of hydrogen-bond donors (Lipinski definition) is 0. The van der Waals surface area contributed by atoms with Crippen LogP contribution < -0.4 is 4.90 Å². The van der Waals surface area contributed by atoms with Crippen molar-refractivity contribution in [3.63, 3.8) is 0 Å². The van der Waals surface area contributed by atoms with Gasteiger partial charge in [-0.05, 0) is 54.4 Å². The fourth-order valence-electron chi connectivity index (χ4n) is 5.49. The highest BCUT2D eigenvalue weighted by atomic mass is 19.4. The van der Waals surface area contributed by atoms with Crippen LogP contribution in [0.1, 0.15) is 66.4 Å². The number of piperidine rings is 1. The number of aromatic nitrogens is 2. The molecule has 0 saturated carbocycles. The Kier molecular flexibility index (Phi) is 8.06. The Balaban J connectivity index is 1.31. The van der Waals surface area contributed by atoms with E-state index in [2.05, 4.69) is 9.97 Å². The highest BCUT2D eigenvalue weighted by molar-refractivity contribution is 5.83. The maximum absolute atomic E-state index is 13.2.